The van der Waals surface area contributed by atoms with E-state index in [4.69, 9.17) is 4.52 Å². The number of phosphoric ester groups is 1. The molecule has 3 rings (SSSR count). The highest BCUT2D eigenvalue weighted by molar-refractivity contribution is 7.45. The molecule has 160 valence electrons. The summed E-state index contributed by atoms with van der Waals surface area (Å²) in [5, 5.41) is 11.8. The minimum atomic E-state index is -4.32. The predicted molar refractivity (Wildman–Crippen MR) is 106 cm³/mol. The second-order valence-electron chi connectivity index (χ2n) is 7.76. The number of aliphatic hydroxyl groups excluding tert-OH is 1. The van der Waals surface area contributed by atoms with E-state index in [9.17, 15) is 19.0 Å². The van der Waals surface area contributed by atoms with Crippen molar-refractivity contribution in [3.63, 3.8) is 0 Å². The van der Waals surface area contributed by atoms with Crippen molar-refractivity contribution in [3.05, 3.63) is 71.5 Å². The number of nitrogens with two attached hydrogens (primary N) is 1. The molecule has 1 aliphatic heterocycles. The summed E-state index contributed by atoms with van der Waals surface area (Å²) in [4.78, 5) is 11.3. The van der Waals surface area contributed by atoms with E-state index in [1.807, 2.05) is 49.6 Å². The molecule has 0 radical (unpaired) electrons. The van der Waals surface area contributed by atoms with Crippen LogP contribution in [0, 0.1) is 11.2 Å². The molecule has 0 bridgehead atoms. The van der Waals surface area contributed by atoms with Gasteiger partial charge in [0.05, 0.1) is 13.7 Å². The number of hydrogen-bond acceptors (Lipinski definition) is 5. The Hall–Kier alpha value is -1.60. The van der Waals surface area contributed by atoms with Crippen LogP contribution in [0.5, 0.6) is 0 Å². The highest BCUT2D eigenvalue weighted by Gasteiger charge is 2.41. The first-order valence-electron chi connectivity index (χ1n) is 9.48. The monoisotopic (exact) mass is 425 g/mol. The van der Waals surface area contributed by atoms with Gasteiger partial charge in [0, 0.05) is 11.0 Å². The molecule has 1 heterocycles. The molecule has 6 nitrogen and oxygen atoms in total. The standard InChI is InChI=1S/C11H14FO4P.C10H15NO/c1-11(2)7-15-17(13,14)16-10(11)8-5-3-4-6-9(8)12;1-8(11-2)10(12)9-6-4-3-5-7-9/h3-6,10H,7H2,1-2H3,(H,13,14);3-8,10-12H,1-2H3/t10-;8-,10-/m10/s1. The minimum Gasteiger partial charge on any atom is -0.756 e. The van der Waals surface area contributed by atoms with Gasteiger partial charge in [0.2, 0.25) is 0 Å². The molecule has 1 aliphatic rings. The van der Waals surface area contributed by atoms with Gasteiger partial charge in [-0.1, -0.05) is 62.4 Å². The van der Waals surface area contributed by atoms with Crippen LogP contribution in [0.2, 0.25) is 0 Å². The van der Waals surface area contributed by atoms with Crippen molar-refractivity contribution >= 4 is 7.82 Å². The van der Waals surface area contributed by atoms with E-state index in [-0.39, 0.29) is 24.3 Å². The van der Waals surface area contributed by atoms with Gasteiger partial charge in [0.25, 0.3) is 7.82 Å². The summed E-state index contributed by atoms with van der Waals surface area (Å²) in [5.74, 6) is -0.479. The van der Waals surface area contributed by atoms with Crippen molar-refractivity contribution in [2.75, 3.05) is 13.7 Å². The third kappa shape index (κ3) is 6.44. The summed E-state index contributed by atoms with van der Waals surface area (Å²) in [6.07, 6.45) is -1.23. The maximum atomic E-state index is 13.7. The van der Waals surface area contributed by atoms with Gasteiger partial charge in [0.1, 0.15) is 24.1 Å². The van der Waals surface area contributed by atoms with Gasteiger partial charge in [-0.15, -0.1) is 0 Å². The van der Waals surface area contributed by atoms with Crippen molar-refractivity contribution in [1.82, 2.24) is 0 Å². The normalized spacial score (nSPS) is 25.4. The molecule has 4 atom stereocenters. The molecule has 2 aromatic rings. The van der Waals surface area contributed by atoms with E-state index in [0.717, 1.165) is 5.56 Å². The zero-order chi connectivity index (χ0) is 21.7. The number of hydrogen-bond donors (Lipinski definition) is 2. The Morgan fingerprint density at radius 3 is 2.38 bits per heavy atom. The number of halogens is 1. The molecule has 2 aromatic carbocycles. The molecule has 0 saturated carbocycles. The molecule has 8 heteroatoms. The first-order chi connectivity index (χ1) is 13.6. The minimum absolute atomic E-state index is 0.0211. The topological polar surface area (TPSA) is 95.4 Å². The molecule has 0 amide bonds. The maximum absolute atomic E-state index is 13.7. The summed E-state index contributed by atoms with van der Waals surface area (Å²) in [6, 6.07) is 15.9. The fourth-order valence-corrected chi connectivity index (χ4v) is 4.13. The zero-order valence-electron chi connectivity index (χ0n) is 17.1. The fourth-order valence-electron chi connectivity index (χ4n) is 2.92. The van der Waals surface area contributed by atoms with Crippen LogP contribution in [0.25, 0.3) is 0 Å². The Morgan fingerprint density at radius 2 is 1.79 bits per heavy atom. The highest BCUT2D eigenvalue weighted by atomic mass is 31.2. The van der Waals surface area contributed by atoms with Gasteiger partial charge in [-0.2, -0.15) is 0 Å². The summed E-state index contributed by atoms with van der Waals surface area (Å²) in [6.45, 7) is 5.52. The average molecular weight is 425 g/mol. The first kappa shape index (κ1) is 23.7. The molecule has 0 spiro atoms. The van der Waals surface area contributed by atoms with Gasteiger partial charge in [-0.3, -0.25) is 4.57 Å². The van der Waals surface area contributed by atoms with Gasteiger partial charge >= 0.3 is 0 Å². The summed E-state index contributed by atoms with van der Waals surface area (Å²) < 4.78 is 34.5. The predicted octanol–water partition coefficient (Wildman–Crippen LogP) is 2.71. The van der Waals surface area contributed by atoms with Crippen LogP contribution in [-0.2, 0) is 13.6 Å². The molecule has 1 unspecified atom stereocenters. The van der Waals surface area contributed by atoms with E-state index in [2.05, 4.69) is 4.52 Å². The molecule has 1 fully saturated rings. The molecular weight excluding hydrogens is 396 g/mol. The third-order valence-corrected chi connectivity index (χ3v) is 5.81. The van der Waals surface area contributed by atoms with E-state index in [1.165, 1.54) is 12.1 Å². The Bertz CT molecular complexity index is 833. The van der Waals surface area contributed by atoms with Crippen LogP contribution in [0.15, 0.2) is 54.6 Å². The van der Waals surface area contributed by atoms with Crippen molar-refractivity contribution in [2.45, 2.75) is 39.0 Å². The molecule has 0 aromatic heterocycles. The molecule has 0 aliphatic carbocycles. The second-order valence-corrected chi connectivity index (χ2v) is 9.13. The lowest BCUT2D eigenvalue weighted by Crippen LogP contribution is -2.86. The number of rotatable bonds is 4. The highest BCUT2D eigenvalue weighted by Crippen LogP contribution is 2.55. The van der Waals surface area contributed by atoms with Crippen LogP contribution in [0.1, 0.15) is 44.1 Å². The van der Waals surface area contributed by atoms with Crippen molar-refractivity contribution in [1.29, 1.82) is 0 Å². The molecule has 29 heavy (non-hydrogen) atoms. The van der Waals surface area contributed by atoms with Crippen molar-refractivity contribution in [3.8, 4) is 0 Å². The maximum Gasteiger partial charge on any atom is 0.268 e. The van der Waals surface area contributed by atoms with Crippen molar-refractivity contribution < 1.29 is 33.3 Å². The van der Waals surface area contributed by atoms with E-state index in [0.29, 0.717) is 0 Å². The number of likely N-dealkylation sites (N-methyl/N-ethyl adjacent to an activating group) is 1. The number of benzene rings is 2. The summed E-state index contributed by atoms with van der Waals surface area (Å²) in [5.41, 5.74) is 0.612. The zero-order valence-corrected chi connectivity index (χ0v) is 18.0. The van der Waals surface area contributed by atoms with Gasteiger partial charge < -0.3 is 24.4 Å². The second kappa shape index (κ2) is 9.94. The van der Waals surface area contributed by atoms with Gasteiger partial charge in [-0.05, 0) is 18.6 Å². The quantitative estimate of drug-likeness (QED) is 0.735. The van der Waals surface area contributed by atoms with E-state index in [1.54, 1.807) is 26.0 Å². The van der Waals surface area contributed by atoms with Crippen LogP contribution in [-0.4, -0.2) is 24.8 Å². The number of phosphoric acid groups is 1. The average Bonchev–Trinajstić information content (AvgIpc) is 2.70. The first-order valence-corrected chi connectivity index (χ1v) is 10.9. The van der Waals surface area contributed by atoms with E-state index >= 15 is 0 Å². The summed E-state index contributed by atoms with van der Waals surface area (Å²) >= 11 is 0. The van der Waals surface area contributed by atoms with Crippen LogP contribution < -0.4 is 10.2 Å². The smallest absolute Gasteiger partial charge is 0.268 e. The van der Waals surface area contributed by atoms with Crippen LogP contribution in [0.3, 0.4) is 0 Å². The Kier molecular flexibility index (Phi) is 8.11. The summed E-state index contributed by atoms with van der Waals surface area (Å²) in [7, 11) is -2.36. The lowest BCUT2D eigenvalue weighted by atomic mass is 9.83. The SMILES string of the molecule is CC1(C)COP(=O)([O-])O[C@@H]1c1ccccc1F.C[NH2+][C@@H](C)[C@H](O)c1ccccc1. The van der Waals surface area contributed by atoms with Crippen LogP contribution in [0.4, 0.5) is 4.39 Å². The largest absolute Gasteiger partial charge is 0.756 e. The van der Waals surface area contributed by atoms with Crippen LogP contribution >= 0.6 is 7.82 Å². The molecular formula is C21H29FNO5P. The Labute approximate surface area is 171 Å². The fraction of sp³-hybridized carbons (Fsp3) is 0.429. The van der Waals surface area contributed by atoms with E-state index < -0.39 is 25.2 Å². The Balaban J connectivity index is 0.000000221. The molecule has 3 N–H and O–H groups in total. The van der Waals surface area contributed by atoms with Crippen molar-refractivity contribution in [2.24, 2.45) is 5.41 Å². The lowest BCUT2D eigenvalue weighted by Gasteiger charge is -2.43. The number of quaternary nitrogens is 1. The lowest BCUT2D eigenvalue weighted by molar-refractivity contribution is -0.669. The van der Waals surface area contributed by atoms with Gasteiger partial charge in [-0.25, -0.2) is 4.39 Å². The third-order valence-electron chi connectivity index (χ3n) is 4.89. The van der Waals surface area contributed by atoms with Gasteiger partial charge in [0.15, 0.2) is 0 Å². The molecule has 1 saturated heterocycles. The Morgan fingerprint density at radius 1 is 1.21 bits per heavy atom. The number of aliphatic hydroxyl groups is 1.